The zero-order valence-electron chi connectivity index (χ0n) is 19.0. The number of hydrogen-bond acceptors (Lipinski definition) is 9. The number of hydroxylamine groups is 2. The maximum atomic E-state index is 12.4. The molecule has 188 valence electrons. The summed E-state index contributed by atoms with van der Waals surface area (Å²) < 4.78 is 31.1. The molecule has 14 heteroatoms. The Labute approximate surface area is 192 Å². The molecule has 1 fully saturated rings. The number of unbranched alkanes of at least 4 members (excludes halogenated alkanes) is 2. The van der Waals surface area contributed by atoms with E-state index in [1.54, 1.807) is 19.0 Å². The third-order valence-corrected chi connectivity index (χ3v) is 6.01. The van der Waals surface area contributed by atoms with Crippen molar-refractivity contribution in [2.75, 3.05) is 27.2 Å². The fourth-order valence-corrected chi connectivity index (χ4v) is 3.84. The predicted octanol–water partition coefficient (Wildman–Crippen LogP) is -1.02. The van der Waals surface area contributed by atoms with Crippen molar-refractivity contribution in [3.63, 3.8) is 0 Å². The lowest BCUT2D eigenvalue weighted by Crippen LogP contribution is -2.43. The van der Waals surface area contributed by atoms with Crippen molar-refractivity contribution >= 4 is 39.7 Å². The highest BCUT2D eigenvalue weighted by atomic mass is 32.2. The van der Waals surface area contributed by atoms with Crippen molar-refractivity contribution in [1.29, 1.82) is 0 Å². The number of imide groups is 1. The molecule has 13 nitrogen and oxygen atoms in total. The molecule has 0 saturated carbocycles. The van der Waals surface area contributed by atoms with Crippen LogP contribution in [0.3, 0.4) is 0 Å². The van der Waals surface area contributed by atoms with E-state index in [1.807, 2.05) is 0 Å². The van der Waals surface area contributed by atoms with Gasteiger partial charge in [-0.25, -0.2) is 4.79 Å². The van der Waals surface area contributed by atoms with Gasteiger partial charge in [0.1, 0.15) is 0 Å². The van der Waals surface area contributed by atoms with E-state index in [4.69, 9.17) is 4.55 Å². The third kappa shape index (κ3) is 9.84. The number of nitrogens with zero attached hydrogens (tertiary/aromatic N) is 2. The second-order valence-electron chi connectivity index (χ2n) is 7.90. The minimum absolute atomic E-state index is 0.0656. The highest BCUT2D eigenvalue weighted by Crippen LogP contribution is 2.20. The molecule has 1 heterocycles. The van der Waals surface area contributed by atoms with Gasteiger partial charge < -0.3 is 15.5 Å². The number of hydrogen-bond donors (Lipinski definition) is 3. The van der Waals surface area contributed by atoms with Crippen LogP contribution in [-0.4, -0.2) is 91.0 Å². The normalized spacial score (nSPS) is 17.2. The van der Waals surface area contributed by atoms with Crippen molar-refractivity contribution in [3.8, 4) is 0 Å². The highest BCUT2D eigenvalue weighted by Gasteiger charge is 2.48. The van der Waals surface area contributed by atoms with Crippen molar-refractivity contribution in [1.82, 2.24) is 20.6 Å². The molecule has 0 aromatic carbocycles. The first-order valence-electron chi connectivity index (χ1n) is 10.6. The average Bonchev–Trinajstić information content (AvgIpc) is 2.98. The van der Waals surface area contributed by atoms with Crippen molar-refractivity contribution < 1.29 is 41.8 Å². The second kappa shape index (κ2) is 13.2. The minimum atomic E-state index is -4.78. The summed E-state index contributed by atoms with van der Waals surface area (Å²) in [7, 11) is -1.19. The van der Waals surface area contributed by atoms with Gasteiger partial charge in [0.05, 0.1) is 12.5 Å². The second-order valence-corrected chi connectivity index (χ2v) is 9.50. The predicted molar refractivity (Wildman–Crippen MR) is 115 cm³/mol. The zero-order valence-corrected chi connectivity index (χ0v) is 19.9. The topological polar surface area (TPSA) is 179 Å². The summed E-state index contributed by atoms with van der Waals surface area (Å²) in [6.45, 7) is 2.30. The number of likely N-dealkylation sites (N-methyl/N-ethyl adjacent to an activating group) is 1. The van der Waals surface area contributed by atoms with Crippen LogP contribution < -0.4 is 10.6 Å². The Morgan fingerprint density at radius 1 is 1.12 bits per heavy atom. The zero-order chi connectivity index (χ0) is 25.2. The largest absolute Gasteiger partial charge is 0.356 e. The van der Waals surface area contributed by atoms with Gasteiger partial charge in [-0.1, -0.05) is 0 Å². The molecule has 1 saturated heterocycles. The molecular formula is C19H32N4O9S. The summed E-state index contributed by atoms with van der Waals surface area (Å²) in [4.78, 5) is 65.1. The van der Waals surface area contributed by atoms with Gasteiger partial charge in [0.2, 0.25) is 11.8 Å². The first-order chi connectivity index (χ1) is 15.3. The summed E-state index contributed by atoms with van der Waals surface area (Å²) in [5, 5.41) is 3.59. The summed E-state index contributed by atoms with van der Waals surface area (Å²) in [6, 6.07) is -0.338. The average molecular weight is 493 g/mol. The van der Waals surface area contributed by atoms with Crippen LogP contribution in [0.1, 0.15) is 51.9 Å². The molecule has 1 aliphatic heterocycles. The molecule has 4 amide bonds. The molecule has 0 aromatic heterocycles. The Bertz CT molecular complexity index is 844. The van der Waals surface area contributed by atoms with E-state index in [-0.39, 0.29) is 29.3 Å². The Kier molecular flexibility index (Phi) is 11.4. The van der Waals surface area contributed by atoms with Crippen molar-refractivity contribution in [2.24, 2.45) is 0 Å². The first-order valence-corrected chi connectivity index (χ1v) is 12.1. The van der Waals surface area contributed by atoms with Gasteiger partial charge >= 0.3 is 5.97 Å². The van der Waals surface area contributed by atoms with Crippen molar-refractivity contribution in [2.45, 2.75) is 63.2 Å². The molecule has 2 unspecified atom stereocenters. The van der Waals surface area contributed by atoms with E-state index in [1.165, 1.54) is 6.92 Å². The lowest BCUT2D eigenvalue weighted by Gasteiger charge is -2.23. The SMILES string of the molecule is CC(=O)NCCCCC(C(=O)NCCCCC(=O)ON1C(=O)CC(S(=O)(=O)O)C1=O)N(C)C. The highest BCUT2D eigenvalue weighted by molar-refractivity contribution is 7.87. The minimum Gasteiger partial charge on any atom is -0.356 e. The summed E-state index contributed by atoms with van der Waals surface area (Å²) >= 11 is 0. The molecule has 3 N–H and O–H groups in total. The maximum Gasteiger partial charge on any atom is 0.333 e. The van der Waals surface area contributed by atoms with Gasteiger partial charge in [-0.05, 0) is 46.2 Å². The molecule has 1 aliphatic rings. The Morgan fingerprint density at radius 3 is 2.27 bits per heavy atom. The Morgan fingerprint density at radius 2 is 1.73 bits per heavy atom. The number of nitrogens with one attached hydrogen (secondary N) is 2. The van der Waals surface area contributed by atoms with Crippen molar-refractivity contribution in [3.05, 3.63) is 0 Å². The van der Waals surface area contributed by atoms with Gasteiger partial charge in [-0.3, -0.25) is 28.6 Å². The Balaban J connectivity index is 2.31. The lowest BCUT2D eigenvalue weighted by atomic mass is 10.1. The monoisotopic (exact) mass is 492 g/mol. The summed E-state index contributed by atoms with van der Waals surface area (Å²) in [5.74, 6) is -3.51. The fourth-order valence-electron chi connectivity index (χ4n) is 3.13. The summed E-state index contributed by atoms with van der Waals surface area (Å²) in [5.41, 5.74) is 0. The molecule has 0 aliphatic carbocycles. The molecule has 0 radical (unpaired) electrons. The van der Waals surface area contributed by atoms with E-state index < -0.39 is 39.6 Å². The van der Waals surface area contributed by atoms with Crippen LogP contribution in [0.25, 0.3) is 0 Å². The van der Waals surface area contributed by atoms with E-state index in [0.29, 0.717) is 32.4 Å². The molecule has 1 rings (SSSR count). The van der Waals surface area contributed by atoms with Crippen LogP contribution in [0, 0.1) is 0 Å². The van der Waals surface area contributed by atoms with Crippen LogP contribution in [0.2, 0.25) is 0 Å². The Hall–Kier alpha value is -2.58. The van der Waals surface area contributed by atoms with E-state index >= 15 is 0 Å². The van der Waals surface area contributed by atoms with E-state index in [2.05, 4.69) is 15.5 Å². The molecule has 0 spiro atoms. The number of carbonyl (C=O) groups excluding carboxylic acids is 5. The number of carbonyl (C=O) groups is 5. The molecule has 0 aromatic rings. The van der Waals surface area contributed by atoms with Crippen LogP contribution in [0.15, 0.2) is 0 Å². The fraction of sp³-hybridized carbons (Fsp3) is 0.737. The van der Waals surface area contributed by atoms with Crippen LogP contribution in [0.4, 0.5) is 0 Å². The van der Waals surface area contributed by atoms with Gasteiger partial charge in [0.15, 0.2) is 5.25 Å². The maximum absolute atomic E-state index is 12.4. The van der Waals surface area contributed by atoms with E-state index in [0.717, 1.165) is 12.8 Å². The number of rotatable bonds is 14. The number of amides is 4. The molecule has 2 atom stereocenters. The van der Waals surface area contributed by atoms with E-state index in [9.17, 15) is 32.4 Å². The van der Waals surface area contributed by atoms with Gasteiger partial charge in [-0.15, -0.1) is 5.06 Å². The van der Waals surface area contributed by atoms with Gasteiger partial charge in [0, 0.05) is 26.4 Å². The first kappa shape index (κ1) is 28.5. The third-order valence-electron chi connectivity index (χ3n) is 4.93. The van der Waals surface area contributed by atoms with Crippen LogP contribution in [-0.2, 0) is 38.9 Å². The molecule has 33 heavy (non-hydrogen) atoms. The smallest absolute Gasteiger partial charge is 0.333 e. The quantitative estimate of drug-likeness (QED) is 0.154. The standard InChI is InChI=1S/C19H32N4O9S/c1-13(24)20-10-6-4-8-14(22(2)3)18(27)21-11-7-5-9-17(26)32-23-16(25)12-15(19(23)28)33(29,30)31/h14-15H,4-12H2,1-3H3,(H,20,24)(H,21,27)(H,29,30,31). The molecule has 0 bridgehead atoms. The van der Waals surface area contributed by atoms with Gasteiger partial charge in [0.25, 0.3) is 21.9 Å². The van der Waals surface area contributed by atoms with Crippen LogP contribution in [0.5, 0.6) is 0 Å². The lowest BCUT2D eigenvalue weighted by molar-refractivity contribution is -0.197. The van der Waals surface area contributed by atoms with Gasteiger partial charge in [-0.2, -0.15) is 8.42 Å². The van der Waals surface area contributed by atoms with Crippen LogP contribution >= 0.6 is 0 Å². The molecular weight excluding hydrogens is 460 g/mol. The summed E-state index contributed by atoms with van der Waals surface area (Å²) in [6.07, 6.45) is 1.90.